The Morgan fingerprint density at radius 2 is 2.06 bits per heavy atom. The summed E-state index contributed by atoms with van der Waals surface area (Å²) < 4.78 is 23.8. The third-order valence-electron chi connectivity index (χ3n) is 5.02. The first kappa shape index (κ1) is 22.4. The summed E-state index contributed by atoms with van der Waals surface area (Å²) in [5, 5.41) is 5.83. The molecule has 4 rings (SSSR count). The van der Waals surface area contributed by atoms with E-state index in [9.17, 15) is 4.79 Å². The van der Waals surface area contributed by atoms with E-state index >= 15 is 4.39 Å². The van der Waals surface area contributed by atoms with Gasteiger partial charge in [-0.3, -0.25) is 9.48 Å². The van der Waals surface area contributed by atoms with Crippen molar-refractivity contribution in [2.75, 3.05) is 6.61 Å². The van der Waals surface area contributed by atoms with Gasteiger partial charge in [0.25, 0.3) is 0 Å². The summed E-state index contributed by atoms with van der Waals surface area (Å²) in [4.78, 5) is 17.3. The zero-order chi connectivity index (χ0) is 22.8. The lowest BCUT2D eigenvalue weighted by Crippen LogP contribution is -2.08. The Hall–Kier alpha value is -2.84. The summed E-state index contributed by atoms with van der Waals surface area (Å²) in [5.74, 6) is -0.799. The second-order valence-electron chi connectivity index (χ2n) is 7.11. The van der Waals surface area contributed by atoms with E-state index in [-0.39, 0.29) is 17.4 Å². The van der Waals surface area contributed by atoms with Gasteiger partial charge in [-0.25, -0.2) is 9.37 Å². The summed E-state index contributed by atoms with van der Waals surface area (Å²) in [5.41, 5.74) is 2.62. The van der Waals surface area contributed by atoms with Crippen LogP contribution < -0.4 is 0 Å². The predicted molar refractivity (Wildman–Crippen MR) is 123 cm³/mol. The van der Waals surface area contributed by atoms with Crippen LogP contribution in [0.1, 0.15) is 25.2 Å². The van der Waals surface area contributed by atoms with Crippen molar-refractivity contribution in [1.29, 1.82) is 0 Å². The quantitative estimate of drug-likeness (QED) is 0.328. The number of rotatable bonds is 7. The monoisotopic (exact) mass is 472 g/mol. The summed E-state index contributed by atoms with van der Waals surface area (Å²) in [7, 11) is 0. The smallest absolute Gasteiger partial charge is 0.311 e. The van der Waals surface area contributed by atoms with Gasteiger partial charge in [0.15, 0.2) is 5.82 Å². The number of aryl methyl sites for hydroxylation is 1. The Labute approximate surface area is 194 Å². The normalized spacial score (nSPS) is 11.3. The molecule has 0 aliphatic heterocycles. The van der Waals surface area contributed by atoms with Gasteiger partial charge in [-0.05, 0) is 45.0 Å². The number of ether oxygens (including phenoxy) is 1. The number of fused-ring (bicyclic) bond motifs is 1. The van der Waals surface area contributed by atoms with Crippen LogP contribution in [-0.4, -0.2) is 31.9 Å². The Balaban J connectivity index is 1.80. The molecule has 1 aromatic carbocycles. The molecule has 166 valence electrons. The molecule has 0 saturated carbocycles. The predicted octanol–water partition coefficient (Wildman–Crippen LogP) is 5.60. The van der Waals surface area contributed by atoms with Crippen LogP contribution in [0.5, 0.6) is 0 Å². The van der Waals surface area contributed by atoms with Gasteiger partial charge in [-0.15, -0.1) is 0 Å². The minimum atomic E-state index is -0.479. The minimum absolute atomic E-state index is 0.0604. The summed E-state index contributed by atoms with van der Waals surface area (Å²) in [6, 6.07) is 8.88. The molecule has 32 heavy (non-hydrogen) atoms. The fourth-order valence-electron chi connectivity index (χ4n) is 3.58. The lowest BCUT2D eigenvalue weighted by Gasteiger charge is -2.07. The van der Waals surface area contributed by atoms with Crippen molar-refractivity contribution in [2.45, 2.75) is 43.7 Å². The third kappa shape index (κ3) is 4.25. The molecule has 0 aliphatic carbocycles. The van der Waals surface area contributed by atoms with E-state index in [1.807, 2.05) is 42.8 Å². The number of carbonyl (C=O) groups excluding carboxylic acids is 1. The molecule has 3 aromatic heterocycles. The topological polar surface area (TPSA) is 61.9 Å². The molecule has 0 N–H and O–H groups in total. The second-order valence-corrected chi connectivity index (χ2v) is 8.55. The van der Waals surface area contributed by atoms with Crippen LogP contribution in [0.4, 0.5) is 4.39 Å². The van der Waals surface area contributed by atoms with Crippen molar-refractivity contribution in [3.05, 3.63) is 65.0 Å². The molecule has 0 fully saturated rings. The van der Waals surface area contributed by atoms with E-state index in [0.29, 0.717) is 29.4 Å². The molecule has 6 nitrogen and oxygen atoms in total. The maximum absolute atomic E-state index is 15.2. The number of nitrogens with zero attached hydrogens (tertiary/aromatic N) is 4. The van der Waals surface area contributed by atoms with Crippen molar-refractivity contribution >= 4 is 40.2 Å². The molecule has 3 heterocycles. The summed E-state index contributed by atoms with van der Waals surface area (Å²) in [6.45, 7) is 6.73. The highest BCUT2D eigenvalue weighted by atomic mass is 35.5. The van der Waals surface area contributed by atoms with Crippen molar-refractivity contribution in [3.63, 3.8) is 0 Å². The van der Waals surface area contributed by atoms with E-state index in [0.717, 1.165) is 21.7 Å². The summed E-state index contributed by atoms with van der Waals surface area (Å²) >= 11 is 7.54. The maximum atomic E-state index is 15.2. The van der Waals surface area contributed by atoms with Crippen molar-refractivity contribution in [3.8, 4) is 5.69 Å². The SMILES string of the molecule is CCOC(=O)Cc1cccc(Sc2c(C)n(-c3cnn(CC)c3)c3c(F)c(Cl)ccc23)n1. The molecular weight excluding hydrogens is 451 g/mol. The molecule has 0 unspecified atom stereocenters. The first-order valence-corrected chi connectivity index (χ1v) is 11.4. The minimum Gasteiger partial charge on any atom is -0.466 e. The standard InChI is InChI=1S/C23H22ClFN4O2S/c1-4-28-13-16(12-26-28)29-14(3)23(17-9-10-18(24)21(25)22(17)29)32-19-8-6-7-15(27-19)11-20(30)31-5-2/h6-10,12-13H,4-5,11H2,1-3H3. The number of aromatic nitrogens is 4. The Morgan fingerprint density at radius 3 is 2.78 bits per heavy atom. The molecule has 4 aromatic rings. The molecule has 0 saturated heterocycles. The largest absolute Gasteiger partial charge is 0.466 e. The highest BCUT2D eigenvalue weighted by Crippen LogP contribution is 2.41. The average molecular weight is 473 g/mol. The van der Waals surface area contributed by atoms with Crippen molar-refractivity contribution in [2.24, 2.45) is 0 Å². The Kier molecular flexibility index (Phi) is 6.53. The van der Waals surface area contributed by atoms with E-state index in [4.69, 9.17) is 16.3 Å². The molecule has 0 amide bonds. The fourth-order valence-corrected chi connectivity index (χ4v) is 4.76. The van der Waals surface area contributed by atoms with Crippen LogP contribution in [0.3, 0.4) is 0 Å². The van der Waals surface area contributed by atoms with Gasteiger partial charge in [-0.1, -0.05) is 29.4 Å². The van der Waals surface area contributed by atoms with E-state index in [2.05, 4.69) is 10.1 Å². The number of benzene rings is 1. The van der Waals surface area contributed by atoms with Gasteiger partial charge in [0.05, 0.1) is 41.1 Å². The summed E-state index contributed by atoms with van der Waals surface area (Å²) in [6.07, 6.45) is 3.69. The van der Waals surface area contributed by atoms with Gasteiger partial charge in [0, 0.05) is 28.7 Å². The zero-order valence-corrected chi connectivity index (χ0v) is 19.5. The molecule has 0 radical (unpaired) electrons. The van der Waals surface area contributed by atoms with Crippen molar-refractivity contribution in [1.82, 2.24) is 19.3 Å². The van der Waals surface area contributed by atoms with E-state index < -0.39 is 5.82 Å². The molecule has 0 aliphatic rings. The molecule has 0 bridgehead atoms. The first-order valence-electron chi connectivity index (χ1n) is 10.2. The lowest BCUT2D eigenvalue weighted by molar-refractivity contribution is -0.142. The third-order valence-corrected chi connectivity index (χ3v) is 6.47. The second kappa shape index (κ2) is 9.34. The number of halogens is 2. The zero-order valence-electron chi connectivity index (χ0n) is 17.9. The highest BCUT2D eigenvalue weighted by molar-refractivity contribution is 7.99. The van der Waals surface area contributed by atoms with Gasteiger partial charge in [-0.2, -0.15) is 5.10 Å². The lowest BCUT2D eigenvalue weighted by atomic mass is 10.2. The molecule has 0 atom stereocenters. The van der Waals surface area contributed by atoms with Gasteiger partial charge < -0.3 is 9.30 Å². The van der Waals surface area contributed by atoms with Gasteiger partial charge in [0.1, 0.15) is 5.03 Å². The van der Waals surface area contributed by atoms with E-state index in [1.165, 1.54) is 11.8 Å². The Morgan fingerprint density at radius 1 is 1.25 bits per heavy atom. The molecule has 0 spiro atoms. The highest BCUT2D eigenvalue weighted by Gasteiger charge is 2.22. The van der Waals surface area contributed by atoms with Crippen LogP contribution in [-0.2, 0) is 22.5 Å². The number of hydrogen-bond acceptors (Lipinski definition) is 5. The average Bonchev–Trinajstić information content (AvgIpc) is 3.34. The van der Waals surface area contributed by atoms with Gasteiger partial charge >= 0.3 is 5.97 Å². The number of carbonyl (C=O) groups is 1. The number of esters is 1. The van der Waals surface area contributed by atoms with E-state index in [1.54, 1.807) is 29.9 Å². The number of pyridine rings is 1. The number of hydrogen-bond donors (Lipinski definition) is 0. The van der Waals surface area contributed by atoms with Crippen molar-refractivity contribution < 1.29 is 13.9 Å². The molecule has 9 heteroatoms. The Bertz CT molecular complexity index is 1300. The van der Waals surface area contributed by atoms with Crippen LogP contribution in [0.2, 0.25) is 5.02 Å². The van der Waals surface area contributed by atoms with Crippen LogP contribution >= 0.6 is 23.4 Å². The van der Waals surface area contributed by atoms with Crippen LogP contribution in [0.25, 0.3) is 16.6 Å². The van der Waals surface area contributed by atoms with Gasteiger partial charge in [0.2, 0.25) is 0 Å². The maximum Gasteiger partial charge on any atom is 0.311 e. The first-order chi connectivity index (χ1) is 15.4. The molecular formula is C23H22ClFN4O2S. The fraction of sp³-hybridized carbons (Fsp3) is 0.261. The van der Waals surface area contributed by atoms with Crippen LogP contribution in [0, 0.1) is 12.7 Å². The van der Waals surface area contributed by atoms with Crippen LogP contribution in [0.15, 0.2) is 52.6 Å².